The molecule has 2 N–H and O–H groups in total. The maximum absolute atomic E-state index is 12.1. The van der Waals surface area contributed by atoms with E-state index in [1.54, 1.807) is 13.1 Å². The highest BCUT2D eigenvalue weighted by molar-refractivity contribution is 5.78. The van der Waals surface area contributed by atoms with Crippen molar-refractivity contribution in [1.29, 1.82) is 0 Å². The van der Waals surface area contributed by atoms with Crippen molar-refractivity contribution < 1.29 is 0 Å². The summed E-state index contributed by atoms with van der Waals surface area (Å²) < 4.78 is 2.66. The van der Waals surface area contributed by atoms with Crippen molar-refractivity contribution >= 4 is 10.9 Å². The predicted octanol–water partition coefficient (Wildman–Crippen LogP) is -0.0327. The predicted molar refractivity (Wildman–Crippen MR) is 67.2 cm³/mol. The molecule has 0 fully saturated rings. The van der Waals surface area contributed by atoms with Crippen LogP contribution in [0.3, 0.4) is 0 Å². The summed E-state index contributed by atoms with van der Waals surface area (Å²) in [6, 6.07) is 5.45. The first-order valence-corrected chi connectivity index (χ1v) is 5.46. The number of aryl methyl sites for hydroxylation is 2. The Morgan fingerprint density at radius 2 is 2.00 bits per heavy atom. The standard InChI is InChI=1S/C12H15N3O2/c1-8-3-4-9-10(7-8)14(2)12(17)15(6-5-13)11(9)16/h3-4,7H,5-6,13H2,1-2H3. The Balaban J connectivity index is 2.95. The molecule has 0 aliphatic heterocycles. The van der Waals surface area contributed by atoms with E-state index in [4.69, 9.17) is 5.73 Å². The quantitative estimate of drug-likeness (QED) is 0.791. The molecule has 0 saturated carbocycles. The van der Waals surface area contributed by atoms with Gasteiger partial charge < -0.3 is 5.73 Å². The van der Waals surface area contributed by atoms with Gasteiger partial charge in [0.15, 0.2) is 0 Å². The smallest absolute Gasteiger partial charge is 0.329 e. The zero-order valence-electron chi connectivity index (χ0n) is 9.93. The summed E-state index contributed by atoms with van der Waals surface area (Å²) in [5.74, 6) is 0. The maximum Gasteiger partial charge on any atom is 0.331 e. The van der Waals surface area contributed by atoms with Gasteiger partial charge in [0.2, 0.25) is 0 Å². The first kappa shape index (κ1) is 11.6. The highest BCUT2D eigenvalue weighted by Gasteiger charge is 2.09. The van der Waals surface area contributed by atoms with Crippen LogP contribution >= 0.6 is 0 Å². The topological polar surface area (TPSA) is 70.0 Å². The average molecular weight is 233 g/mol. The minimum atomic E-state index is -0.321. The van der Waals surface area contributed by atoms with Gasteiger partial charge in [0.05, 0.1) is 10.9 Å². The molecule has 0 bridgehead atoms. The Labute approximate surface area is 98.1 Å². The van der Waals surface area contributed by atoms with Gasteiger partial charge in [-0.3, -0.25) is 13.9 Å². The highest BCUT2D eigenvalue weighted by atomic mass is 16.2. The van der Waals surface area contributed by atoms with Crippen LogP contribution in [0.2, 0.25) is 0 Å². The van der Waals surface area contributed by atoms with Crippen molar-refractivity contribution in [2.45, 2.75) is 13.5 Å². The van der Waals surface area contributed by atoms with Crippen molar-refractivity contribution in [3.05, 3.63) is 44.6 Å². The molecule has 0 saturated heterocycles. The minimum absolute atomic E-state index is 0.245. The van der Waals surface area contributed by atoms with Crippen LogP contribution in [0.5, 0.6) is 0 Å². The lowest BCUT2D eigenvalue weighted by Gasteiger charge is -2.10. The molecule has 1 aromatic heterocycles. The zero-order valence-corrected chi connectivity index (χ0v) is 9.93. The minimum Gasteiger partial charge on any atom is -0.329 e. The third-order valence-electron chi connectivity index (χ3n) is 2.86. The molecule has 0 aliphatic carbocycles. The van der Waals surface area contributed by atoms with E-state index in [-0.39, 0.29) is 24.3 Å². The van der Waals surface area contributed by atoms with Crippen LogP contribution in [-0.2, 0) is 13.6 Å². The molecule has 0 unspecified atom stereocenters. The monoisotopic (exact) mass is 233 g/mol. The normalized spacial score (nSPS) is 11.0. The van der Waals surface area contributed by atoms with Crippen LogP contribution in [0, 0.1) is 6.92 Å². The van der Waals surface area contributed by atoms with Gasteiger partial charge in [-0.25, -0.2) is 4.79 Å². The van der Waals surface area contributed by atoms with Crippen molar-refractivity contribution in [2.75, 3.05) is 6.54 Å². The van der Waals surface area contributed by atoms with Gasteiger partial charge in [0.1, 0.15) is 0 Å². The van der Waals surface area contributed by atoms with Gasteiger partial charge in [-0.1, -0.05) is 6.07 Å². The summed E-state index contributed by atoms with van der Waals surface area (Å²) in [6.45, 7) is 2.44. The summed E-state index contributed by atoms with van der Waals surface area (Å²) in [4.78, 5) is 24.1. The molecular weight excluding hydrogens is 218 g/mol. The lowest BCUT2D eigenvalue weighted by atomic mass is 10.2. The lowest BCUT2D eigenvalue weighted by molar-refractivity contribution is 0.613. The number of fused-ring (bicyclic) bond motifs is 1. The molecular formula is C12H15N3O2. The highest BCUT2D eigenvalue weighted by Crippen LogP contribution is 2.09. The molecule has 1 aromatic carbocycles. The van der Waals surface area contributed by atoms with E-state index in [0.717, 1.165) is 5.56 Å². The maximum atomic E-state index is 12.1. The number of nitrogens with zero attached hydrogens (tertiary/aromatic N) is 2. The Hall–Kier alpha value is -1.88. The van der Waals surface area contributed by atoms with Gasteiger partial charge in [0, 0.05) is 20.1 Å². The third-order valence-corrected chi connectivity index (χ3v) is 2.86. The fourth-order valence-corrected chi connectivity index (χ4v) is 1.94. The van der Waals surface area contributed by atoms with E-state index in [9.17, 15) is 9.59 Å². The summed E-state index contributed by atoms with van der Waals surface area (Å²) in [6.07, 6.45) is 0. The molecule has 0 aliphatic rings. The second-order valence-corrected chi connectivity index (χ2v) is 4.11. The second kappa shape index (κ2) is 4.18. The van der Waals surface area contributed by atoms with Gasteiger partial charge in [-0.05, 0) is 24.6 Å². The number of nitrogens with two attached hydrogens (primary N) is 1. The molecule has 2 aromatic rings. The Kier molecular flexibility index (Phi) is 2.85. The van der Waals surface area contributed by atoms with Crippen LogP contribution in [0.4, 0.5) is 0 Å². The molecule has 5 nitrogen and oxygen atoms in total. The molecule has 2 rings (SSSR count). The van der Waals surface area contributed by atoms with E-state index in [0.29, 0.717) is 10.9 Å². The van der Waals surface area contributed by atoms with Crippen LogP contribution in [0.15, 0.2) is 27.8 Å². The van der Waals surface area contributed by atoms with Crippen LogP contribution in [0.1, 0.15) is 5.56 Å². The fraction of sp³-hybridized carbons (Fsp3) is 0.333. The fourth-order valence-electron chi connectivity index (χ4n) is 1.94. The lowest BCUT2D eigenvalue weighted by Crippen LogP contribution is -2.40. The molecule has 5 heteroatoms. The van der Waals surface area contributed by atoms with Crippen LogP contribution < -0.4 is 17.0 Å². The third kappa shape index (κ3) is 1.78. The molecule has 0 atom stereocenters. The molecule has 90 valence electrons. The summed E-state index contributed by atoms with van der Waals surface area (Å²) in [5, 5.41) is 0.547. The van der Waals surface area contributed by atoms with Crippen molar-refractivity contribution in [2.24, 2.45) is 12.8 Å². The number of benzene rings is 1. The van der Waals surface area contributed by atoms with E-state index < -0.39 is 0 Å². The number of hydrogen-bond donors (Lipinski definition) is 1. The summed E-state index contributed by atoms with van der Waals surface area (Å²) in [7, 11) is 1.66. The molecule has 17 heavy (non-hydrogen) atoms. The molecule has 0 spiro atoms. The number of hydrogen-bond acceptors (Lipinski definition) is 3. The van der Waals surface area contributed by atoms with Gasteiger partial charge in [-0.2, -0.15) is 0 Å². The zero-order chi connectivity index (χ0) is 12.6. The number of aromatic nitrogens is 2. The largest absolute Gasteiger partial charge is 0.331 e. The van der Waals surface area contributed by atoms with Gasteiger partial charge in [0.25, 0.3) is 5.56 Å². The summed E-state index contributed by atoms with van der Waals surface area (Å²) in [5.41, 5.74) is 6.50. The Morgan fingerprint density at radius 1 is 1.29 bits per heavy atom. The van der Waals surface area contributed by atoms with E-state index >= 15 is 0 Å². The van der Waals surface area contributed by atoms with Crippen molar-refractivity contribution in [1.82, 2.24) is 9.13 Å². The summed E-state index contributed by atoms with van der Waals surface area (Å²) >= 11 is 0. The van der Waals surface area contributed by atoms with Gasteiger partial charge in [-0.15, -0.1) is 0 Å². The van der Waals surface area contributed by atoms with E-state index in [1.165, 1.54) is 9.13 Å². The SMILES string of the molecule is Cc1ccc2c(=O)n(CCN)c(=O)n(C)c2c1. The molecule has 0 radical (unpaired) electrons. The number of rotatable bonds is 2. The molecule has 0 amide bonds. The van der Waals surface area contributed by atoms with Gasteiger partial charge >= 0.3 is 5.69 Å². The van der Waals surface area contributed by atoms with E-state index in [1.807, 2.05) is 19.1 Å². The first-order chi connectivity index (χ1) is 8.06. The average Bonchev–Trinajstić information content (AvgIpc) is 2.32. The Bertz CT molecular complexity index is 682. The van der Waals surface area contributed by atoms with Crippen LogP contribution in [0.25, 0.3) is 10.9 Å². The van der Waals surface area contributed by atoms with E-state index in [2.05, 4.69) is 0 Å². The first-order valence-electron chi connectivity index (χ1n) is 5.46. The second-order valence-electron chi connectivity index (χ2n) is 4.11. The van der Waals surface area contributed by atoms with Crippen molar-refractivity contribution in [3.63, 3.8) is 0 Å². The van der Waals surface area contributed by atoms with Crippen LogP contribution in [-0.4, -0.2) is 15.7 Å². The Morgan fingerprint density at radius 3 is 2.65 bits per heavy atom. The molecule has 1 heterocycles. The van der Waals surface area contributed by atoms with Crippen molar-refractivity contribution in [3.8, 4) is 0 Å².